The summed E-state index contributed by atoms with van der Waals surface area (Å²) in [6.07, 6.45) is 6.46. The maximum atomic E-state index is 12.5. The van der Waals surface area contributed by atoms with Crippen LogP contribution >= 0.6 is 0 Å². The van der Waals surface area contributed by atoms with Crippen molar-refractivity contribution < 1.29 is 4.79 Å². The minimum absolute atomic E-state index is 0.133. The van der Waals surface area contributed by atoms with Gasteiger partial charge in [0.05, 0.1) is 5.69 Å². The third-order valence-corrected chi connectivity index (χ3v) is 5.23. The Labute approximate surface area is 152 Å². The lowest BCUT2D eigenvalue weighted by atomic mass is 9.93. The quantitative estimate of drug-likeness (QED) is 0.504. The lowest BCUT2D eigenvalue weighted by molar-refractivity contribution is 0.0971. The van der Waals surface area contributed by atoms with Gasteiger partial charge in [-0.15, -0.1) is 0 Å². The molecule has 1 aromatic heterocycles. The maximum absolute atomic E-state index is 12.5. The Morgan fingerprint density at radius 1 is 1.08 bits per heavy atom. The van der Waals surface area contributed by atoms with Gasteiger partial charge in [0.2, 0.25) is 0 Å². The number of hydrogen-bond donors (Lipinski definition) is 1. The smallest absolute Gasteiger partial charge is 0.179 e. The topological polar surface area (TPSA) is 48.0 Å². The van der Waals surface area contributed by atoms with Crippen LogP contribution in [0.15, 0.2) is 42.5 Å². The Bertz CT molecular complexity index is 671. The van der Waals surface area contributed by atoms with Crippen LogP contribution in [0.2, 0.25) is 0 Å². The van der Waals surface area contributed by atoms with E-state index in [1.807, 2.05) is 23.7 Å². The summed E-state index contributed by atoms with van der Waals surface area (Å²) < 4.78 is 2.05. The van der Waals surface area contributed by atoms with E-state index in [-0.39, 0.29) is 11.3 Å². The highest BCUT2D eigenvalue weighted by Crippen LogP contribution is 2.18. The number of unbranched alkanes of at least 4 members (excludes halogenated alkanes) is 1. The summed E-state index contributed by atoms with van der Waals surface area (Å²) in [5.74, 6) is 0.243. The number of aryl methyl sites for hydroxylation is 2. The molecule has 2 rings (SSSR count). The van der Waals surface area contributed by atoms with E-state index < -0.39 is 0 Å². The Kier molecular flexibility index (Phi) is 7.01. The molecule has 1 unspecified atom stereocenters. The molecule has 0 saturated heterocycles. The van der Waals surface area contributed by atoms with E-state index in [1.165, 1.54) is 11.3 Å². The first kappa shape index (κ1) is 19.5. The number of Topliss-reactive ketones (excluding diaryl/α,β-unsaturated/α-hetero) is 1. The lowest BCUT2D eigenvalue weighted by Crippen LogP contribution is -2.35. The average Bonchev–Trinajstić information content (AvgIpc) is 2.98. The van der Waals surface area contributed by atoms with Crippen LogP contribution in [0.4, 0.5) is 0 Å². The molecule has 0 amide bonds. The minimum atomic E-state index is -0.133. The number of aromatic nitrogens is 1. The predicted octanol–water partition coefficient (Wildman–Crippen LogP) is 4.68. The molecule has 0 spiro atoms. The van der Waals surface area contributed by atoms with Crippen molar-refractivity contribution in [1.29, 1.82) is 0 Å². The molecule has 3 nitrogen and oxygen atoms in total. The summed E-state index contributed by atoms with van der Waals surface area (Å²) in [4.78, 5) is 12.5. The molecule has 1 heterocycles. The molecule has 0 aliphatic rings. The van der Waals surface area contributed by atoms with Crippen LogP contribution < -0.4 is 5.73 Å². The number of hydrogen-bond acceptors (Lipinski definition) is 2. The number of nitrogens with zero attached hydrogens (tertiary/aromatic N) is 1. The number of rotatable bonds is 10. The van der Waals surface area contributed by atoms with E-state index in [4.69, 9.17) is 5.73 Å². The van der Waals surface area contributed by atoms with Crippen LogP contribution in [0.1, 0.15) is 67.7 Å². The van der Waals surface area contributed by atoms with E-state index in [0.717, 1.165) is 44.2 Å². The molecule has 3 heteroatoms. The molecule has 0 bridgehead atoms. The van der Waals surface area contributed by atoms with Crippen molar-refractivity contribution in [1.82, 2.24) is 4.57 Å². The van der Waals surface area contributed by atoms with Crippen LogP contribution in [0.25, 0.3) is 0 Å². The van der Waals surface area contributed by atoms with Crippen LogP contribution in [0, 0.1) is 0 Å². The Morgan fingerprint density at radius 3 is 2.48 bits per heavy atom. The van der Waals surface area contributed by atoms with E-state index in [0.29, 0.717) is 6.42 Å². The van der Waals surface area contributed by atoms with Gasteiger partial charge >= 0.3 is 0 Å². The van der Waals surface area contributed by atoms with Gasteiger partial charge < -0.3 is 10.3 Å². The number of carbonyl (C=O) groups is 1. The van der Waals surface area contributed by atoms with Gasteiger partial charge in [0, 0.05) is 24.7 Å². The first-order chi connectivity index (χ1) is 11.9. The zero-order chi connectivity index (χ0) is 18.3. The molecule has 136 valence electrons. The largest absolute Gasteiger partial charge is 0.345 e. The van der Waals surface area contributed by atoms with Gasteiger partial charge in [0.15, 0.2) is 5.78 Å². The van der Waals surface area contributed by atoms with Crippen molar-refractivity contribution in [3.8, 4) is 0 Å². The standard InChI is InChI=1S/C22H32N2O/c1-4-22(2,23)17-16-19-14-15-20(24(19)3)21(25)13-9-8-12-18-10-6-5-7-11-18/h5-7,10-11,14-15H,4,8-9,12-13,16-17,23H2,1-3H3. The Balaban J connectivity index is 1.81. The highest BCUT2D eigenvalue weighted by molar-refractivity contribution is 5.94. The zero-order valence-electron chi connectivity index (χ0n) is 15.9. The monoisotopic (exact) mass is 340 g/mol. The number of ketones is 1. The molecule has 0 saturated carbocycles. The summed E-state index contributed by atoms with van der Waals surface area (Å²) in [6.45, 7) is 4.21. The van der Waals surface area contributed by atoms with E-state index in [2.05, 4.69) is 44.2 Å². The zero-order valence-corrected chi connectivity index (χ0v) is 15.9. The number of benzene rings is 1. The van der Waals surface area contributed by atoms with Crippen molar-refractivity contribution in [3.63, 3.8) is 0 Å². The summed E-state index contributed by atoms with van der Waals surface area (Å²) in [6, 6.07) is 14.5. The SMILES string of the molecule is CCC(C)(N)CCc1ccc(C(=O)CCCCc2ccccc2)n1C. The fourth-order valence-corrected chi connectivity index (χ4v) is 3.06. The van der Waals surface area contributed by atoms with E-state index in [1.54, 1.807) is 0 Å². The minimum Gasteiger partial charge on any atom is -0.345 e. The number of nitrogens with two attached hydrogens (primary N) is 1. The highest BCUT2D eigenvalue weighted by Gasteiger charge is 2.18. The summed E-state index contributed by atoms with van der Waals surface area (Å²) in [5, 5.41) is 0. The van der Waals surface area contributed by atoms with Gasteiger partial charge in [-0.05, 0) is 63.1 Å². The first-order valence-electron chi connectivity index (χ1n) is 9.43. The maximum Gasteiger partial charge on any atom is 0.179 e. The third-order valence-electron chi connectivity index (χ3n) is 5.23. The van der Waals surface area contributed by atoms with E-state index >= 15 is 0 Å². The summed E-state index contributed by atoms with van der Waals surface area (Å²) in [5.41, 5.74) is 9.46. The second-order valence-corrected chi connectivity index (χ2v) is 7.39. The molecule has 0 radical (unpaired) electrons. The molecular formula is C22H32N2O. The molecule has 1 atom stereocenters. The third kappa shape index (κ3) is 5.86. The average molecular weight is 341 g/mol. The fraction of sp³-hybridized carbons (Fsp3) is 0.500. The summed E-state index contributed by atoms with van der Waals surface area (Å²) in [7, 11) is 1.99. The fourth-order valence-electron chi connectivity index (χ4n) is 3.06. The van der Waals surface area contributed by atoms with Crippen molar-refractivity contribution >= 4 is 5.78 Å². The van der Waals surface area contributed by atoms with Crippen molar-refractivity contribution in [2.24, 2.45) is 12.8 Å². The Morgan fingerprint density at radius 2 is 1.80 bits per heavy atom. The van der Waals surface area contributed by atoms with Crippen LogP contribution in [-0.4, -0.2) is 15.9 Å². The molecule has 2 aromatic rings. The van der Waals surface area contributed by atoms with Crippen molar-refractivity contribution in [2.45, 2.75) is 64.3 Å². The van der Waals surface area contributed by atoms with Crippen LogP contribution in [0.3, 0.4) is 0 Å². The van der Waals surface area contributed by atoms with Crippen molar-refractivity contribution in [3.05, 3.63) is 59.4 Å². The normalized spacial score (nSPS) is 13.6. The molecule has 25 heavy (non-hydrogen) atoms. The molecular weight excluding hydrogens is 308 g/mol. The number of carbonyl (C=O) groups excluding carboxylic acids is 1. The second kappa shape index (κ2) is 9.00. The predicted molar refractivity (Wildman–Crippen MR) is 105 cm³/mol. The molecule has 1 aromatic carbocycles. The van der Waals surface area contributed by atoms with Gasteiger partial charge in [-0.2, -0.15) is 0 Å². The van der Waals surface area contributed by atoms with E-state index in [9.17, 15) is 4.79 Å². The van der Waals surface area contributed by atoms with Gasteiger partial charge in [0.1, 0.15) is 0 Å². The molecule has 0 fully saturated rings. The second-order valence-electron chi connectivity index (χ2n) is 7.39. The molecule has 2 N–H and O–H groups in total. The summed E-state index contributed by atoms with van der Waals surface area (Å²) >= 11 is 0. The van der Waals surface area contributed by atoms with Gasteiger partial charge in [-0.3, -0.25) is 4.79 Å². The Hall–Kier alpha value is -1.87. The molecule has 0 aliphatic carbocycles. The first-order valence-corrected chi connectivity index (χ1v) is 9.43. The van der Waals surface area contributed by atoms with Crippen molar-refractivity contribution in [2.75, 3.05) is 0 Å². The van der Waals surface area contributed by atoms with Gasteiger partial charge in [0.25, 0.3) is 0 Å². The van der Waals surface area contributed by atoms with Crippen LogP contribution in [-0.2, 0) is 19.9 Å². The lowest BCUT2D eigenvalue weighted by Gasteiger charge is -2.22. The van der Waals surface area contributed by atoms with Gasteiger partial charge in [-0.25, -0.2) is 0 Å². The highest BCUT2D eigenvalue weighted by atomic mass is 16.1. The molecule has 0 aliphatic heterocycles. The van der Waals surface area contributed by atoms with Gasteiger partial charge in [-0.1, -0.05) is 37.3 Å². The van der Waals surface area contributed by atoms with Crippen LogP contribution in [0.5, 0.6) is 0 Å².